The van der Waals surface area contributed by atoms with Gasteiger partial charge in [0.15, 0.2) is 11.7 Å². The first-order valence-corrected chi connectivity index (χ1v) is 8.45. The first-order valence-electron chi connectivity index (χ1n) is 8.45. The second-order valence-corrected chi connectivity index (χ2v) is 5.87. The van der Waals surface area contributed by atoms with Crippen molar-refractivity contribution in [3.63, 3.8) is 0 Å². The van der Waals surface area contributed by atoms with Gasteiger partial charge in [0.25, 0.3) is 0 Å². The largest absolute Gasteiger partial charge is 0.441 e. The van der Waals surface area contributed by atoms with Gasteiger partial charge >= 0.3 is 0 Å². The quantitative estimate of drug-likeness (QED) is 0.564. The molecular formula is C21H18F2N2O2. The van der Waals surface area contributed by atoms with Crippen LogP contribution >= 0.6 is 0 Å². The molecule has 0 fully saturated rings. The second-order valence-electron chi connectivity index (χ2n) is 5.87. The average Bonchev–Trinajstić information content (AvgIpc) is 3.13. The Morgan fingerprint density at radius 3 is 2.67 bits per heavy atom. The summed E-state index contributed by atoms with van der Waals surface area (Å²) in [5.41, 5.74) is 0.905. The number of amides is 1. The number of hydrogen-bond donors (Lipinski definition) is 0. The lowest BCUT2D eigenvalue weighted by Crippen LogP contribution is -2.31. The maximum atomic E-state index is 13.8. The molecule has 0 bridgehead atoms. The van der Waals surface area contributed by atoms with Crippen LogP contribution in [0.5, 0.6) is 0 Å². The Hall–Kier alpha value is -3.28. The maximum absolute atomic E-state index is 13.8. The summed E-state index contributed by atoms with van der Waals surface area (Å²) in [7, 11) is 0. The van der Waals surface area contributed by atoms with E-state index in [2.05, 4.69) is 11.6 Å². The minimum absolute atomic E-state index is 0.103. The Labute approximate surface area is 155 Å². The molecule has 6 heteroatoms. The monoisotopic (exact) mass is 368 g/mol. The zero-order chi connectivity index (χ0) is 19.2. The molecule has 0 aliphatic rings. The zero-order valence-corrected chi connectivity index (χ0v) is 14.6. The molecule has 0 radical (unpaired) electrons. The van der Waals surface area contributed by atoms with Gasteiger partial charge in [0.2, 0.25) is 5.91 Å². The topological polar surface area (TPSA) is 46.3 Å². The fourth-order valence-electron chi connectivity index (χ4n) is 2.68. The predicted molar refractivity (Wildman–Crippen MR) is 99.2 cm³/mol. The number of hydrogen-bond acceptors (Lipinski definition) is 3. The molecule has 27 heavy (non-hydrogen) atoms. The van der Waals surface area contributed by atoms with Crippen LogP contribution in [0.2, 0.25) is 0 Å². The third-order valence-corrected chi connectivity index (χ3v) is 3.98. The van der Waals surface area contributed by atoms with E-state index in [9.17, 15) is 13.6 Å². The van der Waals surface area contributed by atoms with Gasteiger partial charge in [-0.1, -0.05) is 24.3 Å². The number of rotatable bonds is 7. The van der Waals surface area contributed by atoms with Crippen LogP contribution in [0.15, 0.2) is 71.8 Å². The molecule has 138 valence electrons. The number of halogens is 2. The fraction of sp³-hybridized carbons (Fsp3) is 0.143. The molecule has 0 saturated carbocycles. The molecule has 0 aliphatic heterocycles. The fourth-order valence-corrected chi connectivity index (χ4v) is 2.68. The first-order chi connectivity index (χ1) is 13.1. The highest BCUT2D eigenvalue weighted by molar-refractivity contribution is 5.93. The SMILES string of the molecule is C=CCN(C(=O)CCc1ncc(-c2ccc(F)cc2F)o1)c1ccccc1. The molecule has 0 N–H and O–H groups in total. The minimum Gasteiger partial charge on any atom is -0.441 e. The molecule has 0 unspecified atom stereocenters. The third kappa shape index (κ3) is 4.47. The predicted octanol–water partition coefficient (Wildman–Crippen LogP) is 4.77. The first kappa shape index (κ1) is 18.5. The summed E-state index contributed by atoms with van der Waals surface area (Å²) in [6.45, 7) is 4.08. The molecule has 0 spiro atoms. The highest BCUT2D eigenvalue weighted by atomic mass is 19.1. The molecule has 1 aromatic heterocycles. The molecule has 2 aromatic carbocycles. The van der Waals surface area contributed by atoms with E-state index < -0.39 is 11.6 Å². The maximum Gasteiger partial charge on any atom is 0.227 e. The number of benzene rings is 2. The zero-order valence-electron chi connectivity index (χ0n) is 14.6. The van der Waals surface area contributed by atoms with Crippen molar-refractivity contribution in [2.45, 2.75) is 12.8 Å². The average molecular weight is 368 g/mol. The Morgan fingerprint density at radius 1 is 1.19 bits per heavy atom. The number of para-hydroxylation sites is 1. The van der Waals surface area contributed by atoms with Crippen molar-refractivity contribution in [3.05, 3.63) is 84.9 Å². The molecule has 0 atom stereocenters. The van der Waals surface area contributed by atoms with Gasteiger partial charge in [0.1, 0.15) is 11.6 Å². The molecule has 1 amide bonds. The lowest BCUT2D eigenvalue weighted by molar-refractivity contribution is -0.118. The lowest BCUT2D eigenvalue weighted by Gasteiger charge is -2.21. The number of aromatic nitrogens is 1. The van der Waals surface area contributed by atoms with Crippen molar-refractivity contribution in [3.8, 4) is 11.3 Å². The Kier molecular flexibility index (Phi) is 5.76. The van der Waals surface area contributed by atoms with E-state index in [-0.39, 0.29) is 30.1 Å². The number of nitrogens with zero attached hydrogens (tertiary/aromatic N) is 2. The third-order valence-electron chi connectivity index (χ3n) is 3.98. The van der Waals surface area contributed by atoms with Gasteiger partial charge in [-0.05, 0) is 24.3 Å². The summed E-state index contributed by atoms with van der Waals surface area (Å²) in [6.07, 6.45) is 3.47. The van der Waals surface area contributed by atoms with Crippen molar-refractivity contribution in [2.75, 3.05) is 11.4 Å². The summed E-state index contributed by atoms with van der Waals surface area (Å²) in [5.74, 6) is -0.983. The highest BCUT2D eigenvalue weighted by Crippen LogP contribution is 2.25. The van der Waals surface area contributed by atoms with Crippen LogP contribution in [0.3, 0.4) is 0 Å². The van der Waals surface area contributed by atoms with E-state index in [0.717, 1.165) is 17.8 Å². The standard InChI is InChI=1S/C21H18F2N2O2/c1-2-12-25(16-6-4-3-5-7-16)21(26)11-10-20-24-14-19(27-20)17-9-8-15(22)13-18(17)23/h2-9,13-14H,1,10-12H2. The number of oxazole rings is 1. The molecule has 3 rings (SSSR count). The summed E-state index contributed by atoms with van der Waals surface area (Å²) in [6, 6.07) is 12.5. The molecule has 0 aliphatic carbocycles. The van der Waals surface area contributed by atoms with Crippen molar-refractivity contribution in [1.82, 2.24) is 4.98 Å². The van der Waals surface area contributed by atoms with Crippen molar-refractivity contribution >= 4 is 11.6 Å². The van der Waals surface area contributed by atoms with Gasteiger partial charge in [-0.3, -0.25) is 4.79 Å². The van der Waals surface area contributed by atoms with Crippen LogP contribution in [-0.4, -0.2) is 17.4 Å². The van der Waals surface area contributed by atoms with E-state index >= 15 is 0 Å². The van der Waals surface area contributed by atoms with Crippen LogP contribution < -0.4 is 4.90 Å². The highest BCUT2D eigenvalue weighted by Gasteiger charge is 2.17. The van der Waals surface area contributed by atoms with Crippen LogP contribution in [0.4, 0.5) is 14.5 Å². The van der Waals surface area contributed by atoms with Gasteiger partial charge in [0.05, 0.1) is 11.8 Å². The van der Waals surface area contributed by atoms with Crippen LogP contribution in [0, 0.1) is 11.6 Å². The smallest absolute Gasteiger partial charge is 0.227 e. The van der Waals surface area contributed by atoms with E-state index in [1.54, 1.807) is 11.0 Å². The van der Waals surface area contributed by atoms with Gasteiger partial charge in [-0.15, -0.1) is 6.58 Å². The Bertz CT molecular complexity index is 938. The van der Waals surface area contributed by atoms with Gasteiger partial charge in [0, 0.05) is 31.1 Å². The molecule has 1 heterocycles. The van der Waals surface area contributed by atoms with Crippen LogP contribution in [-0.2, 0) is 11.2 Å². The summed E-state index contributed by atoms with van der Waals surface area (Å²) in [4.78, 5) is 18.3. The Balaban J connectivity index is 1.68. The lowest BCUT2D eigenvalue weighted by atomic mass is 10.2. The number of carbonyl (C=O) groups excluding carboxylic acids is 1. The van der Waals surface area contributed by atoms with E-state index in [1.165, 1.54) is 12.3 Å². The van der Waals surface area contributed by atoms with Gasteiger partial charge in [-0.25, -0.2) is 13.8 Å². The number of anilines is 1. The van der Waals surface area contributed by atoms with Crippen molar-refractivity contribution < 1.29 is 18.0 Å². The van der Waals surface area contributed by atoms with E-state index in [4.69, 9.17) is 4.42 Å². The van der Waals surface area contributed by atoms with Gasteiger partial charge in [-0.2, -0.15) is 0 Å². The number of aryl methyl sites for hydroxylation is 1. The van der Waals surface area contributed by atoms with Crippen LogP contribution in [0.25, 0.3) is 11.3 Å². The summed E-state index contributed by atoms with van der Waals surface area (Å²) in [5, 5.41) is 0. The molecule has 4 nitrogen and oxygen atoms in total. The summed E-state index contributed by atoms with van der Waals surface area (Å²) < 4.78 is 32.4. The summed E-state index contributed by atoms with van der Waals surface area (Å²) >= 11 is 0. The number of carbonyl (C=O) groups is 1. The van der Waals surface area contributed by atoms with Crippen molar-refractivity contribution in [2.24, 2.45) is 0 Å². The normalized spacial score (nSPS) is 10.6. The minimum atomic E-state index is -0.727. The van der Waals surface area contributed by atoms with E-state index in [0.29, 0.717) is 12.4 Å². The Morgan fingerprint density at radius 2 is 1.96 bits per heavy atom. The second kappa shape index (κ2) is 8.40. The van der Waals surface area contributed by atoms with Crippen molar-refractivity contribution in [1.29, 1.82) is 0 Å². The molecular weight excluding hydrogens is 350 g/mol. The van der Waals surface area contributed by atoms with E-state index in [1.807, 2.05) is 30.3 Å². The molecule has 3 aromatic rings. The molecule has 0 saturated heterocycles. The van der Waals surface area contributed by atoms with Gasteiger partial charge < -0.3 is 9.32 Å². The van der Waals surface area contributed by atoms with Crippen LogP contribution in [0.1, 0.15) is 12.3 Å².